The molecule has 1 heterocycles. The van der Waals surface area contributed by atoms with Crippen molar-refractivity contribution in [2.24, 2.45) is 5.10 Å². The Morgan fingerprint density at radius 3 is 2.71 bits per heavy atom. The summed E-state index contributed by atoms with van der Waals surface area (Å²) in [6, 6.07) is 11.4. The van der Waals surface area contributed by atoms with Crippen LogP contribution >= 0.6 is 39.5 Å². The molecular formula is C22H21BrN2O4S2. The van der Waals surface area contributed by atoms with E-state index >= 15 is 0 Å². The Morgan fingerprint density at radius 2 is 2.03 bits per heavy atom. The number of hydrogen-bond acceptors (Lipinski definition) is 7. The molecule has 1 aliphatic heterocycles. The number of hydrazone groups is 1. The molecule has 0 aliphatic carbocycles. The van der Waals surface area contributed by atoms with E-state index in [0.717, 1.165) is 0 Å². The zero-order chi connectivity index (χ0) is 22.1. The van der Waals surface area contributed by atoms with E-state index in [0.29, 0.717) is 31.9 Å². The number of hydrogen-bond donors (Lipinski definition) is 1. The third-order valence-corrected chi connectivity index (χ3v) is 7.79. The summed E-state index contributed by atoms with van der Waals surface area (Å²) in [6.07, 6.45) is 6.73. The van der Waals surface area contributed by atoms with Gasteiger partial charge in [-0.05, 0) is 51.3 Å². The summed E-state index contributed by atoms with van der Waals surface area (Å²) in [6.45, 7) is -0.00478. The first kappa shape index (κ1) is 23.4. The van der Waals surface area contributed by atoms with Crippen LogP contribution in [0.1, 0.15) is 15.7 Å². The van der Waals surface area contributed by atoms with Gasteiger partial charge in [-0.25, -0.2) is 5.43 Å². The molecule has 0 atom stereocenters. The minimum absolute atomic E-state index is 0.125. The Bertz CT molecular complexity index is 971. The van der Waals surface area contributed by atoms with Crippen molar-refractivity contribution in [3.8, 4) is 29.6 Å². The summed E-state index contributed by atoms with van der Waals surface area (Å²) in [7, 11) is 1.53. The first-order valence-corrected chi connectivity index (χ1v) is 12.2. The SMILES string of the molecule is C#CCOc1c(Br)cc(/C=N\NC(=O)COc2ccc(C3SCCS3)cc2)cc1OC. The van der Waals surface area contributed by atoms with Crippen LogP contribution in [0.3, 0.4) is 0 Å². The number of rotatable bonds is 9. The highest BCUT2D eigenvalue weighted by atomic mass is 79.9. The fourth-order valence-electron chi connectivity index (χ4n) is 2.70. The quantitative estimate of drug-likeness (QED) is 0.298. The molecule has 1 aliphatic rings. The maximum absolute atomic E-state index is 12.0. The van der Waals surface area contributed by atoms with Gasteiger partial charge in [-0.3, -0.25) is 4.79 Å². The van der Waals surface area contributed by atoms with Crippen LogP contribution in [0.15, 0.2) is 46.0 Å². The highest BCUT2D eigenvalue weighted by Gasteiger charge is 2.18. The third kappa shape index (κ3) is 6.86. The first-order valence-electron chi connectivity index (χ1n) is 9.32. The molecule has 31 heavy (non-hydrogen) atoms. The number of carbonyl (C=O) groups excluding carboxylic acids is 1. The largest absolute Gasteiger partial charge is 0.493 e. The highest BCUT2D eigenvalue weighted by molar-refractivity contribution is 9.10. The van der Waals surface area contributed by atoms with Gasteiger partial charge in [0.2, 0.25) is 0 Å². The van der Waals surface area contributed by atoms with Crippen LogP contribution in [0, 0.1) is 12.3 Å². The van der Waals surface area contributed by atoms with Crippen LogP contribution in [0.5, 0.6) is 17.2 Å². The lowest BCUT2D eigenvalue weighted by Gasteiger charge is -2.11. The van der Waals surface area contributed by atoms with Crippen molar-refractivity contribution in [3.05, 3.63) is 52.0 Å². The minimum atomic E-state index is -0.359. The summed E-state index contributed by atoms with van der Waals surface area (Å²) in [4.78, 5) is 12.0. The van der Waals surface area contributed by atoms with E-state index in [1.165, 1.54) is 30.4 Å². The zero-order valence-electron chi connectivity index (χ0n) is 16.8. The van der Waals surface area contributed by atoms with Crippen molar-refractivity contribution in [1.29, 1.82) is 0 Å². The average molecular weight is 521 g/mol. The standard InChI is InChI=1S/C22H21BrN2O4S2/c1-3-8-28-21-18(23)11-15(12-19(21)27-2)13-24-25-20(26)14-29-17-6-4-16(5-7-17)22-30-9-10-31-22/h1,4-7,11-13,22H,8-10,14H2,2H3,(H,25,26)/b24-13-. The molecule has 1 saturated heterocycles. The number of terminal acetylenes is 1. The molecule has 0 radical (unpaired) electrons. The number of thioether (sulfide) groups is 2. The molecule has 1 amide bonds. The van der Waals surface area contributed by atoms with Gasteiger partial charge in [0.25, 0.3) is 5.91 Å². The van der Waals surface area contributed by atoms with Crippen LogP contribution in [0.25, 0.3) is 0 Å². The molecule has 9 heteroatoms. The fraction of sp³-hybridized carbons (Fsp3) is 0.273. The highest BCUT2D eigenvalue weighted by Crippen LogP contribution is 2.45. The average Bonchev–Trinajstić information content (AvgIpc) is 3.32. The van der Waals surface area contributed by atoms with E-state index in [4.69, 9.17) is 20.6 Å². The van der Waals surface area contributed by atoms with E-state index in [1.54, 1.807) is 12.1 Å². The molecule has 0 saturated carbocycles. The molecule has 6 nitrogen and oxygen atoms in total. The summed E-state index contributed by atoms with van der Waals surface area (Å²) in [5, 5.41) is 3.97. The lowest BCUT2D eigenvalue weighted by molar-refractivity contribution is -0.123. The van der Waals surface area contributed by atoms with E-state index < -0.39 is 0 Å². The van der Waals surface area contributed by atoms with Gasteiger partial charge in [0, 0.05) is 11.5 Å². The second-order valence-electron chi connectivity index (χ2n) is 6.25. The molecule has 2 aromatic rings. The van der Waals surface area contributed by atoms with Crippen molar-refractivity contribution in [3.63, 3.8) is 0 Å². The second-order valence-corrected chi connectivity index (χ2v) is 9.83. The molecule has 0 bridgehead atoms. The Hall–Kier alpha value is -2.28. The van der Waals surface area contributed by atoms with E-state index in [-0.39, 0.29) is 19.1 Å². The van der Waals surface area contributed by atoms with Crippen LogP contribution in [0.4, 0.5) is 0 Å². The van der Waals surface area contributed by atoms with Crippen LogP contribution in [-0.2, 0) is 4.79 Å². The Labute approximate surface area is 198 Å². The Kier molecular flexibility index (Phi) is 9.00. The van der Waals surface area contributed by atoms with Crippen molar-refractivity contribution < 1.29 is 19.0 Å². The summed E-state index contributed by atoms with van der Waals surface area (Å²) < 4.78 is 17.5. The Morgan fingerprint density at radius 1 is 1.29 bits per heavy atom. The zero-order valence-corrected chi connectivity index (χ0v) is 20.0. The van der Waals surface area contributed by atoms with Gasteiger partial charge in [-0.1, -0.05) is 18.1 Å². The number of nitrogens with one attached hydrogen (secondary N) is 1. The molecule has 1 fully saturated rings. The smallest absolute Gasteiger partial charge is 0.277 e. The predicted octanol–water partition coefficient (Wildman–Crippen LogP) is 4.48. The van der Waals surface area contributed by atoms with Gasteiger partial charge in [0.1, 0.15) is 12.4 Å². The van der Waals surface area contributed by atoms with E-state index in [9.17, 15) is 4.79 Å². The predicted molar refractivity (Wildman–Crippen MR) is 130 cm³/mol. The molecule has 0 spiro atoms. The van der Waals surface area contributed by atoms with Crippen LogP contribution < -0.4 is 19.6 Å². The van der Waals surface area contributed by atoms with Crippen molar-refractivity contribution >= 4 is 51.6 Å². The molecule has 0 unspecified atom stereocenters. The maximum Gasteiger partial charge on any atom is 0.277 e. The van der Waals surface area contributed by atoms with Gasteiger partial charge in [0.15, 0.2) is 18.1 Å². The minimum Gasteiger partial charge on any atom is -0.493 e. The molecule has 0 aromatic heterocycles. The van der Waals surface area contributed by atoms with Crippen LogP contribution in [-0.4, -0.2) is 44.0 Å². The van der Waals surface area contributed by atoms with E-state index in [2.05, 4.69) is 32.4 Å². The van der Waals surface area contributed by atoms with Gasteiger partial charge < -0.3 is 14.2 Å². The molecule has 2 aromatic carbocycles. The lowest BCUT2D eigenvalue weighted by atomic mass is 10.2. The topological polar surface area (TPSA) is 69.2 Å². The van der Waals surface area contributed by atoms with Gasteiger partial charge in [-0.15, -0.1) is 29.9 Å². The number of nitrogens with zero attached hydrogens (tertiary/aromatic N) is 1. The number of halogens is 1. The van der Waals surface area contributed by atoms with E-state index in [1.807, 2.05) is 47.8 Å². The van der Waals surface area contributed by atoms with Crippen LogP contribution in [0.2, 0.25) is 0 Å². The first-order chi connectivity index (χ1) is 15.1. The maximum atomic E-state index is 12.0. The molecule has 3 rings (SSSR count). The third-order valence-electron chi connectivity index (χ3n) is 4.10. The molecular weight excluding hydrogens is 500 g/mol. The number of benzene rings is 2. The number of carbonyl (C=O) groups is 1. The monoisotopic (exact) mass is 520 g/mol. The normalized spacial score (nSPS) is 13.7. The summed E-state index contributed by atoms with van der Waals surface area (Å²) in [5.74, 6) is 6.06. The summed E-state index contributed by atoms with van der Waals surface area (Å²) >= 11 is 7.32. The number of ether oxygens (including phenoxy) is 3. The lowest BCUT2D eigenvalue weighted by Crippen LogP contribution is -2.24. The number of amides is 1. The Balaban J connectivity index is 1.50. The van der Waals surface area contributed by atoms with Crippen molar-refractivity contribution in [2.75, 3.05) is 31.8 Å². The number of methoxy groups -OCH3 is 1. The van der Waals surface area contributed by atoms with Crippen molar-refractivity contribution in [1.82, 2.24) is 5.43 Å². The second kappa shape index (κ2) is 11.9. The van der Waals surface area contributed by atoms with Gasteiger partial charge in [-0.2, -0.15) is 5.10 Å². The van der Waals surface area contributed by atoms with Gasteiger partial charge in [0.05, 0.1) is 22.4 Å². The summed E-state index contributed by atoms with van der Waals surface area (Å²) in [5.41, 5.74) is 4.42. The molecule has 1 N–H and O–H groups in total. The van der Waals surface area contributed by atoms with Gasteiger partial charge >= 0.3 is 0 Å². The van der Waals surface area contributed by atoms with Crippen molar-refractivity contribution in [2.45, 2.75) is 4.58 Å². The molecule has 162 valence electrons. The fourth-order valence-corrected chi connectivity index (χ4v) is 6.13.